The van der Waals surface area contributed by atoms with Gasteiger partial charge in [0.05, 0.1) is 17.0 Å². The van der Waals surface area contributed by atoms with Gasteiger partial charge in [-0.2, -0.15) is 4.68 Å². The molecule has 0 radical (unpaired) electrons. The number of carbonyl (C=O) groups excluding carboxylic acids is 1. The molecule has 1 amide bonds. The molecule has 2 heterocycles. The minimum absolute atomic E-state index is 0.147. The Bertz CT molecular complexity index is 1160. The molecule has 4 rings (SSSR count). The summed E-state index contributed by atoms with van der Waals surface area (Å²) in [7, 11) is 0. The second-order valence-corrected chi connectivity index (χ2v) is 7.67. The van der Waals surface area contributed by atoms with Gasteiger partial charge >= 0.3 is 0 Å². The van der Waals surface area contributed by atoms with Gasteiger partial charge in [-0.25, -0.2) is 0 Å². The summed E-state index contributed by atoms with van der Waals surface area (Å²) < 4.78 is 8.22. The van der Waals surface area contributed by atoms with Gasteiger partial charge in [0.15, 0.2) is 0 Å². The van der Waals surface area contributed by atoms with Gasteiger partial charge in [0, 0.05) is 17.1 Å². The van der Waals surface area contributed by atoms with Crippen molar-refractivity contribution in [1.82, 2.24) is 30.4 Å². The summed E-state index contributed by atoms with van der Waals surface area (Å²) in [6, 6.07) is 14.9. The van der Waals surface area contributed by atoms with Crippen molar-refractivity contribution in [1.29, 1.82) is 0 Å². The molecule has 9 nitrogen and oxygen atoms in total. The van der Waals surface area contributed by atoms with E-state index < -0.39 is 0 Å². The Hall–Kier alpha value is -3.05. The van der Waals surface area contributed by atoms with Crippen molar-refractivity contribution in [2.75, 3.05) is 5.32 Å². The largest absolute Gasteiger partial charge is 0.420 e. The number of hydrogen-bond donors (Lipinski definition) is 1. The number of aromatic nitrogens is 6. The average molecular weight is 472 g/mol. The van der Waals surface area contributed by atoms with Gasteiger partial charge in [-0.15, -0.1) is 15.3 Å². The Morgan fingerprint density at radius 1 is 1.17 bits per heavy atom. The topological polar surface area (TPSA) is 112 Å². The zero-order chi connectivity index (χ0) is 20.2. The van der Waals surface area contributed by atoms with Crippen LogP contribution in [0.3, 0.4) is 0 Å². The minimum Gasteiger partial charge on any atom is -0.420 e. The number of benzene rings is 2. The van der Waals surface area contributed by atoms with E-state index in [9.17, 15) is 4.79 Å². The average Bonchev–Trinajstić information content (AvgIpc) is 3.36. The molecule has 2 aromatic heterocycles. The highest BCUT2D eigenvalue weighted by Crippen LogP contribution is 2.28. The van der Waals surface area contributed by atoms with Crippen molar-refractivity contribution in [3.63, 3.8) is 0 Å². The SMILES string of the molecule is CC(=O)Nc1cccc(-n2nnnc2SCc2nnc(-c3ccccc3Br)o2)c1. The molecule has 0 bridgehead atoms. The number of hydrogen-bond acceptors (Lipinski definition) is 8. The van der Waals surface area contributed by atoms with Crippen LogP contribution >= 0.6 is 27.7 Å². The molecule has 1 N–H and O–H groups in total. The van der Waals surface area contributed by atoms with E-state index in [2.05, 4.69) is 47.0 Å². The molecular formula is C18H14BrN7O2S. The van der Waals surface area contributed by atoms with Gasteiger partial charge in [0.1, 0.15) is 0 Å². The van der Waals surface area contributed by atoms with Crippen molar-refractivity contribution in [3.8, 4) is 17.1 Å². The van der Waals surface area contributed by atoms with Gasteiger partial charge in [0.25, 0.3) is 0 Å². The summed E-state index contributed by atoms with van der Waals surface area (Å²) in [6.07, 6.45) is 0. The zero-order valence-electron chi connectivity index (χ0n) is 15.1. The molecule has 11 heteroatoms. The molecule has 29 heavy (non-hydrogen) atoms. The number of halogens is 1. The molecule has 0 spiro atoms. The van der Waals surface area contributed by atoms with Crippen molar-refractivity contribution in [2.45, 2.75) is 17.8 Å². The molecule has 0 aliphatic heterocycles. The van der Waals surface area contributed by atoms with Crippen molar-refractivity contribution < 1.29 is 9.21 Å². The van der Waals surface area contributed by atoms with E-state index in [0.29, 0.717) is 28.4 Å². The van der Waals surface area contributed by atoms with E-state index >= 15 is 0 Å². The maximum absolute atomic E-state index is 11.3. The summed E-state index contributed by atoms with van der Waals surface area (Å²) in [6.45, 7) is 1.46. The highest BCUT2D eigenvalue weighted by atomic mass is 79.9. The number of tetrazole rings is 1. The first kappa shape index (κ1) is 19.3. The molecule has 0 saturated heterocycles. The second kappa shape index (κ2) is 8.53. The highest BCUT2D eigenvalue weighted by molar-refractivity contribution is 9.10. The fourth-order valence-electron chi connectivity index (χ4n) is 2.53. The summed E-state index contributed by atoms with van der Waals surface area (Å²) in [4.78, 5) is 11.3. The molecule has 0 aliphatic rings. The highest BCUT2D eigenvalue weighted by Gasteiger charge is 2.14. The van der Waals surface area contributed by atoms with Crippen molar-refractivity contribution in [3.05, 3.63) is 58.9 Å². The van der Waals surface area contributed by atoms with Gasteiger partial charge in [0.2, 0.25) is 22.8 Å². The van der Waals surface area contributed by atoms with Crippen LogP contribution in [0.5, 0.6) is 0 Å². The van der Waals surface area contributed by atoms with Crippen LogP contribution in [-0.4, -0.2) is 36.3 Å². The third-order valence-corrected chi connectivity index (χ3v) is 5.34. The fourth-order valence-corrected chi connectivity index (χ4v) is 3.71. The predicted molar refractivity (Wildman–Crippen MR) is 110 cm³/mol. The normalized spacial score (nSPS) is 10.8. The second-order valence-electron chi connectivity index (χ2n) is 5.87. The summed E-state index contributed by atoms with van der Waals surface area (Å²) in [5, 5.41) is 23.3. The van der Waals surface area contributed by atoms with Crippen LogP contribution in [0.15, 0.2) is 62.6 Å². The third kappa shape index (κ3) is 4.51. The lowest BCUT2D eigenvalue weighted by atomic mass is 10.2. The quantitative estimate of drug-likeness (QED) is 0.423. The molecule has 2 aromatic carbocycles. The summed E-state index contributed by atoms with van der Waals surface area (Å²) >= 11 is 4.85. The number of rotatable bonds is 6. The summed E-state index contributed by atoms with van der Waals surface area (Å²) in [5.41, 5.74) is 2.22. The standard InChI is InChI=1S/C18H14BrN7O2S/c1-11(27)20-12-5-4-6-13(9-12)26-18(23-24-25-26)29-10-16-21-22-17(28-16)14-7-2-3-8-15(14)19/h2-9H,10H2,1H3,(H,20,27). The molecule has 0 unspecified atom stereocenters. The number of thioether (sulfide) groups is 1. The van der Waals surface area contributed by atoms with E-state index in [0.717, 1.165) is 15.7 Å². The third-order valence-electron chi connectivity index (χ3n) is 3.75. The number of carbonyl (C=O) groups is 1. The molecule has 0 aliphatic carbocycles. The molecule has 4 aromatic rings. The lowest BCUT2D eigenvalue weighted by Gasteiger charge is -2.06. The van der Waals surface area contributed by atoms with Crippen LogP contribution in [0.4, 0.5) is 5.69 Å². The van der Waals surface area contributed by atoms with E-state index in [1.165, 1.54) is 18.7 Å². The van der Waals surface area contributed by atoms with Crippen molar-refractivity contribution in [2.24, 2.45) is 0 Å². The van der Waals surface area contributed by atoms with E-state index in [1.54, 1.807) is 16.8 Å². The van der Waals surface area contributed by atoms with Gasteiger partial charge in [-0.3, -0.25) is 4.79 Å². The fraction of sp³-hybridized carbons (Fsp3) is 0.111. The molecule has 0 fully saturated rings. The van der Waals surface area contributed by atoms with Crippen LogP contribution in [0, 0.1) is 0 Å². The Labute approximate surface area is 178 Å². The van der Waals surface area contributed by atoms with E-state index in [-0.39, 0.29) is 5.91 Å². The lowest BCUT2D eigenvalue weighted by molar-refractivity contribution is -0.114. The Morgan fingerprint density at radius 3 is 2.86 bits per heavy atom. The lowest BCUT2D eigenvalue weighted by Crippen LogP contribution is -2.07. The monoisotopic (exact) mass is 471 g/mol. The maximum Gasteiger partial charge on any atom is 0.248 e. The predicted octanol–water partition coefficient (Wildman–Crippen LogP) is 3.73. The first-order valence-electron chi connectivity index (χ1n) is 8.46. The maximum atomic E-state index is 11.3. The first-order chi connectivity index (χ1) is 14.1. The molecular weight excluding hydrogens is 458 g/mol. The Balaban J connectivity index is 1.50. The Kier molecular flexibility index (Phi) is 5.67. The van der Waals surface area contributed by atoms with Crippen LogP contribution in [0.25, 0.3) is 17.1 Å². The summed E-state index contributed by atoms with van der Waals surface area (Å²) in [5.74, 6) is 1.16. The smallest absolute Gasteiger partial charge is 0.248 e. The number of anilines is 1. The van der Waals surface area contributed by atoms with Crippen LogP contribution in [-0.2, 0) is 10.5 Å². The Morgan fingerprint density at radius 2 is 2.03 bits per heavy atom. The van der Waals surface area contributed by atoms with E-state index in [1.807, 2.05) is 36.4 Å². The number of nitrogens with zero attached hydrogens (tertiary/aromatic N) is 6. The van der Waals surface area contributed by atoms with Crippen molar-refractivity contribution >= 4 is 39.3 Å². The number of nitrogens with one attached hydrogen (secondary N) is 1. The van der Waals surface area contributed by atoms with E-state index in [4.69, 9.17) is 4.42 Å². The first-order valence-corrected chi connectivity index (χ1v) is 10.2. The number of amides is 1. The van der Waals surface area contributed by atoms with Crippen LogP contribution < -0.4 is 5.32 Å². The molecule has 0 saturated carbocycles. The van der Waals surface area contributed by atoms with Gasteiger partial charge in [-0.05, 0) is 56.7 Å². The van der Waals surface area contributed by atoms with Crippen LogP contribution in [0.2, 0.25) is 0 Å². The minimum atomic E-state index is -0.147. The molecule has 146 valence electrons. The van der Waals surface area contributed by atoms with Gasteiger partial charge in [-0.1, -0.05) is 30.0 Å². The van der Waals surface area contributed by atoms with Crippen LogP contribution in [0.1, 0.15) is 12.8 Å². The molecule has 0 atom stereocenters. The van der Waals surface area contributed by atoms with Gasteiger partial charge < -0.3 is 9.73 Å². The zero-order valence-corrected chi connectivity index (χ0v) is 17.5.